The van der Waals surface area contributed by atoms with Crippen LogP contribution >= 0.6 is 0 Å². The lowest BCUT2D eigenvalue weighted by molar-refractivity contribution is -0.163. The molecule has 98 valence electrons. The van der Waals surface area contributed by atoms with Gasteiger partial charge in [-0.3, -0.25) is 9.59 Å². The van der Waals surface area contributed by atoms with Gasteiger partial charge >= 0.3 is 5.97 Å². The van der Waals surface area contributed by atoms with Crippen LogP contribution in [0.15, 0.2) is 0 Å². The standard InChI is InChI=1S/C13H22O4/c1-2-17-12(16)13(9-5-6-10-14)8-4-3-7-11(13)15/h14H,2-10H2,1H3. The molecular formula is C13H22O4. The third kappa shape index (κ3) is 3.28. The molecule has 1 aliphatic carbocycles. The summed E-state index contributed by atoms with van der Waals surface area (Å²) in [6.07, 6.45) is 4.72. The zero-order valence-electron chi connectivity index (χ0n) is 10.5. The van der Waals surface area contributed by atoms with Crippen molar-refractivity contribution in [3.8, 4) is 0 Å². The molecule has 17 heavy (non-hydrogen) atoms. The molecule has 0 heterocycles. The highest BCUT2D eigenvalue weighted by Crippen LogP contribution is 2.39. The summed E-state index contributed by atoms with van der Waals surface area (Å²) in [5, 5.41) is 8.79. The SMILES string of the molecule is CCOC(=O)C1(CCCCO)CCCCC1=O. The van der Waals surface area contributed by atoms with Gasteiger partial charge in [0.15, 0.2) is 0 Å². The van der Waals surface area contributed by atoms with Crippen molar-refractivity contribution in [3.63, 3.8) is 0 Å². The number of hydrogen-bond acceptors (Lipinski definition) is 4. The fraction of sp³-hybridized carbons (Fsp3) is 0.846. The Balaban J connectivity index is 2.74. The molecular weight excluding hydrogens is 220 g/mol. The van der Waals surface area contributed by atoms with Crippen LogP contribution in [0.5, 0.6) is 0 Å². The summed E-state index contributed by atoms with van der Waals surface area (Å²) >= 11 is 0. The van der Waals surface area contributed by atoms with Gasteiger partial charge in [-0.25, -0.2) is 0 Å². The largest absolute Gasteiger partial charge is 0.465 e. The molecule has 1 N–H and O–H groups in total. The first-order chi connectivity index (χ1) is 8.17. The second-order valence-corrected chi connectivity index (χ2v) is 4.61. The molecule has 0 aromatic rings. The molecule has 0 aliphatic heterocycles. The van der Waals surface area contributed by atoms with Gasteiger partial charge in [-0.05, 0) is 39.0 Å². The highest BCUT2D eigenvalue weighted by Gasteiger charge is 2.47. The topological polar surface area (TPSA) is 63.6 Å². The number of carbonyl (C=O) groups excluding carboxylic acids is 2. The number of esters is 1. The predicted molar refractivity (Wildman–Crippen MR) is 63.5 cm³/mol. The average Bonchev–Trinajstić information content (AvgIpc) is 2.32. The Morgan fingerprint density at radius 3 is 2.76 bits per heavy atom. The fourth-order valence-electron chi connectivity index (χ4n) is 2.48. The Kier molecular flexibility index (Phi) is 5.62. The lowest BCUT2D eigenvalue weighted by atomic mass is 9.70. The third-order valence-corrected chi connectivity index (χ3v) is 3.47. The van der Waals surface area contributed by atoms with E-state index in [4.69, 9.17) is 9.84 Å². The number of aliphatic hydroxyl groups is 1. The molecule has 1 aliphatic rings. The number of ether oxygens (including phenoxy) is 1. The summed E-state index contributed by atoms with van der Waals surface area (Å²) in [6.45, 7) is 2.17. The van der Waals surface area contributed by atoms with E-state index in [0.29, 0.717) is 38.7 Å². The third-order valence-electron chi connectivity index (χ3n) is 3.47. The van der Waals surface area contributed by atoms with E-state index < -0.39 is 5.41 Å². The zero-order chi connectivity index (χ0) is 12.7. The Labute approximate surface area is 102 Å². The second-order valence-electron chi connectivity index (χ2n) is 4.61. The van der Waals surface area contributed by atoms with Gasteiger partial charge < -0.3 is 9.84 Å². The Bertz CT molecular complexity index is 275. The van der Waals surface area contributed by atoms with E-state index >= 15 is 0 Å². The van der Waals surface area contributed by atoms with Crippen LogP contribution in [0.25, 0.3) is 0 Å². The van der Waals surface area contributed by atoms with Gasteiger partial charge in [-0.2, -0.15) is 0 Å². The van der Waals surface area contributed by atoms with Crippen molar-refractivity contribution in [3.05, 3.63) is 0 Å². The van der Waals surface area contributed by atoms with Gasteiger partial charge in [-0.15, -0.1) is 0 Å². The smallest absolute Gasteiger partial charge is 0.319 e. The first-order valence-corrected chi connectivity index (χ1v) is 6.49. The number of aliphatic hydroxyl groups excluding tert-OH is 1. The Morgan fingerprint density at radius 1 is 1.41 bits per heavy atom. The summed E-state index contributed by atoms with van der Waals surface area (Å²) in [7, 11) is 0. The molecule has 0 spiro atoms. The molecule has 1 fully saturated rings. The highest BCUT2D eigenvalue weighted by molar-refractivity contribution is 6.04. The summed E-state index contributed by atoms with van der Waals surface area (Å²) in [6, 6.07) is 0. The van der Waals surface area contributed by atoms with Crippen LogP contribution in [0.1, 0.15) is 51.9 Å². The van der Waals surface area contributed by atoms with Crippen molar-refractivity contribution in [2.75, 3.05) is 13.2 Å². The van der Waals surface area contributed by atoms with Crippen LogP contribution in [0.3, 0.4) is 0 Å². The fourth-order valence-corrected chi connectivity index (χ4v) is 2.48. The van der Waals surface area contributed by atoms with Crippen LogP contribution in [-0.2, 0) is 14.3 Å². The van der Waals surface area contributed by atoms with Gasteiger partial charge in [-0.1, -0.05) is 6.42 Å². The van der Waals surface area contributed by atoms with Crippen LogP contribution < -0.4 is 0 Å². The van der Waals surface area contributed by atoms with E-state index in [9.17, 15) is 9.59 Å². The molecule has 1 saturated carbocycles. The summed E-state index contributed by atoms with van der Waals surface area (Å²) < 4.78 is 5.06. The number of ketones is 1. The normalized spacial score (nSPS) is 24.7. The molecule has 4 nitrogen and oxygen atoms in total. The molecule has 0 amide bonds. The number of carbonyl (C=O) groups is 2. The van der Waals surface area contributed by atoms with Crippen molar-refractivity contribution in [2.45, 2.75) is 51.9 Å². The lowest BCUT2D eigenvalue weighted by Crippen LogP contribution is -2.43. The van der Waals surface area contributed by atoms with Gasteiger partial charge in [0.1, 0.15) is 11.2 Å². The number of hydrogen-bond donors (Lipinski definition) is 1. The summed E-state index contributed by atoms with van der Waals surface area (Å²) in [4.78, 5) is 24.1. The van der Waals surface area contributed by atoms with Gasteiger partial charge in [0.2, 0.25) is 0 Å². The van der Waals surface area contributed by atoms with E-state index in [2.05, 4.69) is 0 Å². The minimum Gasteiger partial charge on any atom is -0.465 e. The van der Waals surface area contributed by atoms with Gasteiger partial charge in [0, 0.05) is 13.0 Å². The van der Waals surface area contributed by atoms with Crippen molar-refractivity contribution >= 4 is 11.8 Å². The highest BCUT2D eigenvalue weighted by atomic mass is 16.5. The maximum absolute atomic E-state index is 12.1. The second kappa shape index (κ2) is 6.74. The number of unbranched alkanes of at least 4 members (excludes halogenated alkanes) is 1. The molecule has 1 rings (SSSR count). The van der Waals surface area contributed by atoms with Crippen LogP contribution in [0.2, 0.25) is 0 Å². The minimum absolute atomic E-state index is 0.0279. The Morgan fingerprint density at radius 2 is 2.18 bits per heavy atom. The number of Topliss-reactive ketones (excluding diaryl/α,β-unsaturated/α-hetero) is 1. The lowest BCUT2D eigenvalue weighted by Gasteiger charge is -2.33. The van der Waals surface area contributed by atoms with Gasteiger partial charge in [0.25, 0.3) is 0 Å². The maximum Gasteiger partial charge on any atom is 0.319 e. The summed E-state index contributed by atoms with van der Waals surface area (Å²) in [5.74, 6) is -0.331. The van der Waals surface area contributed by atoms with Crippen molar-refractivity contribution in [2.24, 2.45) is 5.41 Å². The first-order valence-electron chi connectivity index (χ1n) is 6.49. The molecule has 1 atom stereocenters. The van der Waals surface area contributed by atoms with Gasteiger partial charge in [0.05, 0.1) is 6.61 Å². The van der Waals surface area contributed by atoms with E-state index in [0.717, 1.165) is 12.8 Å². The molecule has 0 bridgehead atoms. The molecule has 0 aromatic heterocycles. The quantitative estimate of drug-likeness (QED) is 0.438. The van der Waals surface area contributed by atoms with Crippen molar-refractivity contribution in [1.29, 1.82) is 0 Å². The van der Waals surface area contributed by atoms with E-state index in [1.54, 1.807) is 6.92 Å². The number of rotatable bonds is 6. The van der Waals surface area contributed by atoms with Crippen molar-refractivity contribution in [1.82, 2.24) is 0 Å². The molecule has 0 saturated heterocycles. The molecule has 0 radical (unpaired) electrons. The monoisotopic (exact) mass is 242 g/mol. The molecule has 1 unspecified atom stereocenters. The van der Waals surface area contributed by atoms with Crippen LogP contribution in [-0.4, -0.2) is 30.1 Å². The summed E-state index contributed by atoms with van der Waals surface area (Å²) in [5.41, 5.74) is -0.913. The minimum atomic E-state index is -0.913. The first kappa shape index (κ1) is 14.2. The Hall–Kier alpha value is -0.900. The van der Waals surface area contributed by atoms with E-state index in [1.165, 1.54) is 0 Å². The van der Waals surface area contributed by atoms with Crippen LogP contribution in [0, 0.1) is 5.41 Å². The predicted octanol–water partition coefficient (Wildman–Crippen LogP) is 1.84. The molecule has 0 aromatic carbocycles. The van der Waals surface area contributed by atoms with Crippen LogP contribution in [0.4, 0.5) is 0 Å². The molecule has 4 heteroatoms. The average molecular weight is 242 g/mol. The van der Waals surface area contributed by atoms with E-state index in [-0.39, 0.29) is 18.4 Å². The maximum atomic E-state index is 12.1. The zero-order valence-corrected chi connectivity index (χ0v) is 10.5. The van der Waals surface area contributed by atoms with Crippen molar-refractivity contribution < 1.29 is 19.4 Å². The van der Waals surface area contributed by atoms with E-state index in [1.807, 2.05) is 0 Å².